The SMILES string of the molecule is C/C(=C\C=N/C(C)C)B1OC(C)(C)C(C)(C)O1. The maximum absolute atomic E-state index is 5.93. The molecule has 0 amide bonds. The van der Waals surface area contributed by atoms with Gasteiger partial charge < -0.3 is 9.31 Å². The number of aliphatic imine (C=N–C) groups is 1. The van der Waals surface area contributed by atoms with Gasteiger partial charge in [0.15, 0.2) is 0 Å². The van der Waals surface area contributed by atoms with Gasteiger partial charge in [-0.15, -0.1) is 0 Å². The normalized spacial score (nSPS) is 24.0. The number of hydrogen-bond donors (Lipinski definition) is 0. The molecule has 0 radical (unpaired) electrons. The molecule has 1 aliphatic heterocycles. The first-order valence-electron chi connectivity index (χ1n) is 6.21. The smallest absolute Gasteiger partial charge is 0.400 e. The number of nitrogens with zero attached hydrogens (tertiary/aromatic N) is 1. The lowest BCUT2D eigenvalue weighted by Crippen LogP contribution is -2.41. The van der Waals surface area contributed by atoms with Crippen LogP contribution in [0.15, 0.2) is 16.5 Å². The highest BCUT2D eigenvalue weighted by Gasteiger charge is 2.51. The number of allylic oxidation sites excluding steroid dienone is 2. The average Bonchev–Trinajstić information content (AvgIpc) is 2.35. The Morgan fingerprint density at radius 3 is 2.00 bits per heavy atom. The minimum Gasteiger partial charge on any atom is -0.400 e. The highest BCUT2D eigenvalue weighted by atomic mass is 16.7. The van der Waals surface area contributed by atoms with Crippen molar-refractivity contribution in [2.45, 2.75) is 65.7 Å². The molecule has 3 nitrogen and oxygen atoms in total. The van der Waals surface area contributed by atoms with E-state index in [0.29, 0.717) is 6.04 Å². The second-order valence-electron chi connectivity index (χ2n) is 5.89. The van der Waals surface area contributed by atoms with Crippen molar-refractivity contribution in [2.24, 2.45) is 4.99 Å². The maximum Gasteiger partial charge on any atom is 0.490 e. The van der Waals surface area contributed by atoms with Crippen molar-refractivity contribution in [1.82, 2.24) is 0 Å². The summed E-state index contributed by atoms with van der Waals surface area (Å²) in [6.07, 6.45) is 3.78. The summed E-state index contributed by atoms with van der Waals surface area (Å²) in [6.45, 7) is 14.3. The Morgan fingerprint density at radius 2 is 1.59 bits per heavy atom. The predicted molar refractivity (Wildman–Crippen MR) is 73.5 cm³/mol. The standard InChI is InChI=1S/C13H24BNO2/c1-10(2)15-9-8-11(3)14-16-12(4,5)13(6,7)17-14/h8-10H,1-7H3/b11-8+,15-9-. The Labute approximate surface area is 105 Å². The lowest BCUT2D eigenvalue weighted by Gasteiger charge is -2.32. The molecule has 1 rings (SSSR count). The van der Waals surface area contributed by atoms with Crippen LogP contribution in [0.3, 0.4) is 0 Å². The van der Waals surface area contributed by atoms with Crippen molar-refractivity contribution in [3.05, 3.63) is 11.5 Å². The molecule has 1 aliphatic rings. The van der Waals surface area contributed by atoms with Crippen LogP contribution in [0.1, 0.15) is 48.5 Å². The van der Waals surface area contributed by atoms with E-state index < -0.39 is 0 Å². The molecule has 0 aromatic heterocycles. The summed E-state index contributed by atoms with van der Waals surface area (Å²) in [7, 11) is -0.265. The van der Waals surface area contributed by atoms with Crippen LogP contribution >= 0.6 is 0 Å². The molecule has 0 aliphatic carbocycles. The van der Waals surface area contributed by atoms with Gasteiger partial charge in [0, 0.05) is 12.3 Å². The van der Waals surface area contributed by atoms with E-state index in [-0.39, 0.29) is 18.3 Å². The second kappa shape index (κ2) is 4.95. The van der Waals surface area contributed by atoms with E-state index in [2.05, 4.69) is 46.5 Å². The largest absolute Gasteiger partial charge is 0.490 e. The van der Waals surface area contributed by atoms with Crippen LogP contribution in [-0.2, 0) is 9.31 Å². The minimum atomic E-state index is -0.276. The Bertz CT molecular complexity index is 316. The van der Waals surface area contributed by atoms with E-state index >= 15 is 0 Å². The van der Waals surface area contributed by atoms with Crippen LogP contribution < -0.4 is 0 Å². The van der Waals surface area contributed by atoms with Gasteiger partial charge in [-0.2, -0.15) is 0 Å². The predicted octanol–water partition coefficient (Wildman–Crippen LogP) is 3.04. The van der Waals surface area contributed by atoms with Gasteiger partial charge >= 0.3 is 7.12 Å². The zero-order valence-corrected chi connectivity index (χ0v) is 12.1. The molecule has 0 saturated carbocycles. The Kier molecular flexibility index (Phi) is 4.21. The molecule has 0 unspecified atom stereocenters. The molecule has 1 heterocycles. The van der Waals surface area contributed by atoms with Gasteiger partial charge in [-0.25, -0.2) is 0 Å². The Morgan fingerprint density at radius 1 is 1.12 bits per heavy atom. The summed E-state index contributed by atoms with van der Waals surface area (Å²) in [5, 5.41) is 0. The summed E-state index contributed by atoms with van der Waals surface area (Å²) in [5.74, 6) is 0. The highest BCUT2D eigenvalue weighted by Crippen LogP contribution is 2.38. The van der Waals surface area contributed by atoms with Crippen molar-refractivity contribution in [3.63, 3.8) is 0 Å². The van der Waals surface area contributed by atoms with Gasteiger partial charge in [0.25, 0.3) is 0 Å². The van der Waals surface area contributed by atoms with Gasteiger partial charge in [0.2, 0.25) is 0 Å². The quantitative estimate of drug-likeness (QED) is 0.558. The van der Waals surface area contributed by atoms with Crippen molar-refractivity contribution in [2.75, 3.05) is 0 Å². The van der Waals surface area contributed by atoms with E-state index in [9.17, 15) is 0 Å². The Balaban J connectivity index is 2.71. The third-order valence-electron chi connectivity index (χ3n) is 3.35. The van der Waals surface area contributed by atoms with Crippen LogP contribution in [0.2, 0.25) is 0 Å². The fraction of sp³-hybridized carbons (Fsp3) is 0.769. The van der Waals surface area contributed by atoms with Gasteiger partial charge in [0.1, 0.15) is 0 Å². The zero-order chi connectivity index (χ0) is 13.3. The molecule has 0 aromatic carbocycles. The first-order chi connectivity index (χ1) is 7.66. The molecular weight excluding hydrogens is 213 g/mol. The Hall–Kier alpha value is -0.605. The van der Waals surface area contributed by atoms with E-state index in [1.807, 2.05) is 19.2 Å². The summed E-state index contributed by atoms with van der Waals surface area (Å²) in [6, 6.07) is 0.317. The van der Waals surface area contributed by atoms with Crippen LogP contribution in [-0.4, -0.2) is 30.6 Å². The zero-order valence-electron chi connectivity index (χ0n) is 12.1. The molecule has 1 saturated heterocycles. The minimum absolute atomic E-state index is 0.265. The van der Waals surface area contributed by atoms with Crippen molar-refractivity contribution in [1.29, 1.82) is 0 Å². The third kappa shape index (κ3) is 3.43. The molecular formula is C13H24BNO2. The monoisotopic (exact) mass is 237 g/mol. The topological polar surface area (TPSA) is 30.8 Å². The first kappa shape index (κ1) is 14.5. The van der Waals surface area contributed by atoms with E-state index in [0.717, 1.165) is 5.47 Å². The van der Waals surface area contributed by atoms with Crippen LogP contribution in [0.5, 0.6) is 0 Å². The number of rotatable bonds is 3. The van der Waals surface area contributed by atoms with E-state index in [4.69, 9.17) is 9.31 Å². The van der Waals surface area contributed by atoms with Crippen molar-refractivity contribution >= 4 is 13.3 Å². The van der Waals surface area contributed by atoms with E-state index in [1.165, 1.54) is 0 Å². The molecule has 0 bridgehead atoms. The lowest BCUT2D eigenvalue weighted by molar-refractivity contribution is 0.00578. The van der Waals surface area contributed by atoms with Crippen LogP contribution in [0.4, 0.5) is 0 Å². The van der Waals surface area contributed by atoms with Crippen molar-refractivity contribution < 1.29 is 9.31 Å². The van der Waals surface area contributed by atoms with Gasteiger partial charge in [-0.1, -0.05) is 0 Å². The molecule has 96 valence electrons. The summed E-state index contributed by atoms with van der Waals surface area (Å²) in [5.41, 5.74) is 0.497. The lowest BCUT2D eigenvalue weighted by atomic mass is 9.79. The molecule has 4 heteroatoms. The molecule has 0 N–H and O–H groups in total. The van der Waals surface area contributed by atoms with Gasteiger partial charge in [-0.3, -0.25) is 4.99 Å². The summed E-state index contributed by atoms with van der Waals surface area (Å²) < 4.78 is 11.9. The fourth-order valence-electron chi connectivity index (χ4n) is 1.44. The van der Waals surface area contributed by atoms with Gasteiger partial charge in [0.05, 0.1) is 11.2 Å². The van der Waals surface area contributed by atoms with Crippen LogP contribution in [0.25, 0.3) is 0 Å². The third-order valence-corrected chi connectivity index (χ3v) is 3.35. The molecule has 0 atom stereocenters. The summed E-state index contributed by atoms with van der Waals surface area (Å²) in [4.78, 5) is 4.30. The molecule has 17 heavy (non-hydrogen) atoms. The second-order valence-corrected chi connectivity index (χ2v) is 5.89. The van der Waals surface area contributed by atoms with E-state index in [1.54, 1.807) is 0 Å². The maximum atomic E-state index is 5.93. The molecule has 0 spiro atoms. The van der Waals surface area contributed by atoms with Gasteiger partial charge in [-0.05, 0) is 60.0 Å². The first-order valence-corrected chi connectivity index (χ1v) is 6.21. The highest BCUT2D eigenvalue weighted by molar-refractivity contribution is 6.54. The average molecular weight is 237 g/mol. The molecule has 0 aromatic rings. The van der Waals surface area contributed by atoms with Crippen LogP contribution in [0, 0.1) is 0 Å². The fourth-order valence-corrected chi connectivity index (χ4v) is 1.44. The van der Waals surface area contributed by atoms with Crippen molar-refractivity contribution in [3.8, 4) is 0 Å². The summed E-state index contributed by atoms with van der Waals surface area (Å²) >= 11 is 0. The molecule has 1 fully saturated rings. The number of hydrogen-bond acceptors (Lipinski definition) is 3.